The lowest BCUT2D eigenvalue weighted by Gasteiger charge is -2.36. The average Bonchev–Trinajstić information content (AvgIpc) is 2.31. The molecule has 1 fully saturated rings. The van der Waals surface area contributed by atoms with Gasteiger partial charge in [-0.05, 0) is 44.5 Å². The van der Waals surface area contributed by atoms with Crippen LogP contribution in [0.2, 0.25) is 0 Å². The van der Waals surface area contributed by atoms with E-state index >= 15 is 0 Å². The summed E-state index contributed by atoms with van der Waals surface area (Å²) in [5.41, 5.74) is 0.937. The number of benzene rings is 1. The van der Waals surface area contributed by atoms with E-state index in [1.54, 1.807) is 22.5 Å². The molecule has 3 nitrogen and oxygen atoms in total. The second kappa shape index (κ2) is 5.39. The number of rotatable bonds is 2. The third-order valence-electron chi connectivity index (χ3n) is 3.16. The highest BCUT2D eigenvalue weighted by molar-refractivity contribution is 9.10. The summed E-state index contributed by atoms with van der Waals surface area (Å²) in [4.78, 5) is 0.385. The topological polar surface area (TPSA) is 37.4 Å². The molecule has 0 bridgehead atoms. The molecule has 106 valence electrons. The van der Waals surface area contributed by atoms with Gasteiger partial charge in [0.25, 0.3) is 0 Å². The highest BCUT2D eigenvalue weighted by Gasteiger charge is 2.34. The minimum absolute atomic E-state index is 0.0181. The summed E-state index contributed by atoms with van der Waals surface area (Å²) in [5.74, 6) is 0.849. The Bertz CT molecular complexity index is 584. The largest absolute Gasteiger partial charge is 0.243 e. The first-order chi connectivity index (χ1) is 8.72. The molecule has 0 aromatic heterocycles. The van der Waals surface area contributed by atoms with Crippen molar-refractivity contribution in [3.05, 3.63) is 28.2 Å². The fourth-order valence-electron chi connectivity index (χ4n) is 2.11. The predicted molar refractivity (Wildman–Crippen MR) is 84.2 cm³/mol. The van der Waals surface area contributed by atoms with Crippen molar-refractivity contribution in [2.24, 2.45) is 0 Å². The van der Waals surface area contributed by atoms with Crippen LogP contribution in [0, 0.1) is 6.92 Å². The zero-order valence-electron chi connectivity index (χ0n) is 11.3. The lowest BCUT2D eigenvalue weighted by molar-refractivity contribution is 0.387. The normalized spacial score (nSPS) is 20.4. The van der Waals surface area contributed by atoms with Crippen LogP contribution in [-0.2, 0) is 10.0 Å². The Morgan fingerprint density at radius 1 is 1.37 bits per heavy atom. The zero-order valence-corrected chi connectivity index (χ0v) is 14.5. The van der Waals surface area contributed by atoms with Gasteiger partial charge in [0, 0.05) is 28.1 Å². The maximum atomic E-state index is 12.6. The predicted octanol–water partition coefficient (Wildman–Crippen LogP) is 3.27. The third-order valence-corrected chi connectivity index (χ3v) is 7.19. The second-order valence-corrected chi connectivity index (χ2v) is 9.95. The van der Waals surface area contributed by atoms with Gasteiger partial charge in [-0.25, -0.2) is 8.42 Å². The molecule has 0 spiro atoms. The molecule has 1 aliphatic heterocycles. The summed E-state index contributed by atoms with van der Waals surface area (Å²) < 4.78 is 27.8. The standard InChI is InChI=1S/C13H18BrNO2S2/c1-10-8-11(4-5-12(10)14)19(16,17)15-6-7-18-13(2,3)9-15/h4-5,8H,6-7,9H2,1-3H3. The zero-order chi connectivity index (χ0) is 14.3. The molecule has 1 heterocycles. The summed E-state index contributed by atoms with van der Waals surface area (Å²) >= 11 is 5.23. The van der Waals surface area contributed by atoms with Crippen LogP contribution in [0.1, 0.15) is 19.4 Å². The fourth-order valence-corrected chi connectivity index (χ4v) is 5.35. The second-order valence-electron chi connectivity index (χ2n) is 5.36. The Balaban J connectivity index is 2.34. The van der Waals surface area contributed by atoms with Gasteiger partial charge in [0.2, 0.25) is 10.0 Å². The van der Waals surface area contributed by atoms with Crippen LogP contribution in [0.15, 0.2) is 27.6 Å². The van der Waals surface area contributed by atoms with E-state index in [0.717, 1.165) is 15.8 Å². The van der Waals surface area contributed by atoms with Gasteiger partial charge in [-0.1, -0.05) is 15.9 Å². The van der Waals surface area contributed by atoms with Crippen molar-refractivity contribution in [2.75, 3.05) is 18.8 Å². The number of thioether (sulfide) groups is 1. The number of sulfonamides is 1. The summed E-state index contributed by atoms with van der Waals surface area (Å²) in [6.07, 6.45) is 0. The Hall–Kier alpha value is -0.0400. The van der Waals surface area contributed by atoms with E-state index in [1.165, 1.54) is 0 Å². The first-order valence-electron chi connectivity index (χ1n) is 6.13. The molecule has 0 N–H and O–H groups in total. The number of hydrogen-bond donors (Lipinski definition) is 0. The van der Waals surface area contributed by atoms with Gasteiger partial charge < -0.3 is 0 Å². The highest BCUT2D eigenvalue weighted by atomic mass is 79.9. The van der Waals surface area contributed by atoms with E-state index < -0.39 is 10.0 Å². The Kier molecular flexibility index (Phi) is 4.35. The molecule has 0 amide bonds. The van der Waals surface area contributed by atoms with Crippen molar-refractivity contribution in [1.82, 2.24) is 4.31 Å². The lowest BCUT2D eigenvalue weighted by Crippen LogP contribution is -2.46. The first kappa shape index (κ1) is 15.4. The quantitative estimate of drug-likeness (QED) is 0.808. The molecule has 0 aliphatic carbocycles. The highest BCUT2D eigenvalue weighted by Crippen LogP contribution is 2.33. The number of halogens is 1. The van der Waals surface area contributed by atoms with Crippen molar-refractivity contribution >= 4 is 37.7 Å². The van der Waals surface area contributed by atoms with Crippen LogP contribution in [-0.4, -0.2) is 36.3 Å². The summed E-state index contributed by atoms with van der Waals surface area (Å²) in [5, 5.41) is 0. The van der Waals surface area contributed by atoms with Crippen molar-refractivity contribution in [1.29, 1.82) is 0 Å². The van der Waals surface area contributed by atoms with Crippen molar-refractivity contribution in [2.45, 2.75) is 30.4 Å². The van der Waals surface area contributed by atoms with E-state index in [9.17, 15) is 8.42 Å². The van der Waals surface area contributed by atoms with Crippen molar-refractivity contribution < 1.29 is 8.42 Å². The number of aryl methyl sites for hydroxylation is 1. The van der Waals surface area contributed by atoms with Crippen LogP contribution in [0.5, 0.6) is 0 Å². The van der Waals surface area contributed by atoms with Crippen molar-refractivity contribution in [3.63, 3.8) is 0 Å². The van der Waals surface area contributed by atoms with Gasteiger partial charge in [-0.2, -0.15) is 16.1 Å². The van der Waals surface area contributed by atoms with E-state index in [4.69, 9.17) is 0 Å². The Labute approximate surface area is 127 Å². The summed E-state index contributed by atoms with van der Waals surface area (Å²) in [7, 11) is -3.37. The molecule has 1 aromatic rings. The minimum atomic E-state index is -3.37. The molecule has 0 unspecified atom stereocenters. The lowest BCUT2D eigenvalue weighted by atomic mass is 10.2. The molecule has 1 aliphatic rings. The van der Waals surface area contributed by atoms with Crippen LogP contribution in [0.3, 0.4) is 0 Å². The Morgan fingerprint density at radius 3 is 2.63 bits per heavy atom. The first-order valence-corrected chi connectivity index (χ1v) is 9.34. The molecule has 0 saturated carbocycles. The smallest absolute Gasteiger partial charge is 0.207 e. The van der Waals surface area contributed by atoms with Gasteiger partial charge in [0.1, 0.15) is 0 Å². The molecule has 0 radical (unpaired) electrons. The SMILES string of the molecule is Cc1cc(S(=O)(=O)N2CCSC(C)(C)C2)ccc1Br. The van der Waals surface area contributed by atoms with Crippen molar-refractivity contribution in [3.8, 4) is 0 Å². The monoisotopic (exact) mass is 363 g/mol. The van der Waals surface area contributed by atoms with E-state index in [0.29, 0.717) is 18.0 Å². The Morgan fingerprint density at radius 2 is 2.05 bits per heavy atom. The van der Waals surface area contributed by atoms with Gasteiger partial charge >= 0.3 is 0 Å². The third kappa shape index (κ3) is 3.35. The number of nitrogens with zero attached hydrogens (tertiary/aromatic N) is 1. The summed E-state index contributed by atoms with van der Waals surface area (Å²) in [6.45, 7) is 7.23. The molecule has 19 heavy (non-hydrogen) atoms. The molecule has 1 saturated heterocycles. The van der Waals surface area contributed by atoms with Crippen LogP contribution in [0.4, 0.5) is 0 Å². The van der Waals surface area contributed by atoms with Crippen LogP contribution < -0.4 is 0 Å². The molecular weight excluding hydrogens is 346 g/mol. The molecule has 0 atom stereocenters. The van der Waals surface area contributed by atoms with Crippen LogP contribution in [0.25, 0.3) is 0 Å². The summed E-state index contributed by atoms with van der Waals surface area (Å²) in [6, 6.07) is 5.20. The van der Waals surface area contributed by atoms with E-state index in [1.807, 2.05) is 18.7 Å². The van der Waals surface area contributed by atoms with Gasteiger partial charge in [-0.15, -0.1) is 0 Å². The maximum absolute atomic E-state index is 12.6. The fraction of sp³-hybridized carbons (Fsp3) is 0.538. The maximum Gasteiger partial charge on any atom is 0.243 e. The molecular formula is C13H18BrNO2S2. The molecule has 1 aromatic carbocycles. The van der Waals surface area contributed by atoms with Gasteiger partial charge in [-0.3, -0.25) is 0 Å². The minimum Gasteiger partial charge on any atom is -0.207 e. The van der Waals surface area contributed by atoms with Gasteiger partial charge in [0.05, 0.1) is 4.90 Å². The van der Waals surface area contributed by atoms with E-state index in [-0.39, 0.29) is 4.75 Å². The van der Waals surface area contributed by atoms with E-state index in [2.05, 4.69) is 29.8 Å². The van der Waals surface area contributed by atoms with Crippen LogP contribution >= 0.6 is 27.7 Å². The van der Waals surface area contributed by atoms with Gasteiger partial charge in [0.15, 0.2) is 0 Å². The molecule has 6 heteroatoms. The number of hydrogen-bond acceptors (Lipinski definition) is 3. The molecule has 2 rings (SSSR count). The average molecular weight is 364 g/mol.